The van der Waals surface area contributed by atoms with Crippen LogP contribution in [0.5, 0.6) is 11.5 Å². The lowest BCUT2D eigenvalue weighted by atomic mass is 10.1. The maximum absolute atomic E-state index is 13.3. The number of methoxy groups -OCH3 is 2. The Labute approximate surface area is 219 Å². The van der Waals surface area contributed by atoms with Crippen LogP contribution in [0.25, 0.3) is 23.0 Å². The zero-order valence-corrected chi connectivity index (χ0v) is 21.4. The van der Waals surface area contributed by atoms with Crippen molar-refractivity contribution < 1.29 is 14.3 Å². The molecule has 1 amide bonds. The van der Waals surface area contributed by atoms with Crippen LogP contribution in [0.4, 0.5) is 0 Å². The number of aromatic nitrogens is 2. The third kappa shape index (κ3) is 4.91. The maximum Gasteiger partial charge on any atom is 0.266 e. The Balaban J connectivity index is 1.48. The van der Waals surface area contributed by atoms with E-state index in [4.69, 9.17) is 26.8 Å². The molecule has 0 radical (unpaired) electrons. The van der Waals surface area contributed by atoms with Crippen LogP contribution in [0.2, 0.25) is 0 Å². The number of hydrogen-bond donors (Lipinski definition) is 0. The van der Waals surface area contributed by atoms with Crippen LogP contribution in [0, 0.1) is 0 Å². The van der Waals surface area contributed by atoms with Gasteiger partial charge < -0.3 is 9.47 Å². The molecule has 0 unspecified atom stereocenters. The molecule has 1 saturated heterocycles. The van der Waals surface area contributed by atoms with Crippen LogP contribution in [0.15, 0.2) is 90.0 Å². The van der Waals surface area contributed by atoms with Gasteiger partial charge >= 0.3 is 0 Å². The molecule has 1 aliphatic heterocycles. The van der Waals surface area contributed by atoms with Crippen molar-refractivity contribution in [3.05, 3.63) is 101 Å². The van der Waals surface area contributed by atoms with E-state index in [0.29, 0.717) is 15.8 Å². The number of ether oxygens (including phenoxy) is 2. The molecule has 36 heavy (non-hydrogen) atoms. The number of thiocarbonyl (C=S) groups is 1. The van der Waals surface area contributed by atoms with E-state index in [1.54, 1.807) is 19.1 Å². The number of carbonyl (C=O) groups is 1. The van der Waals surface area contributed by atoms with Crippen molar-refractivity contribution >= 4 is 40.3 Å². The first-order chi connectivity index (χ1) is 17.6. The van der Waals surface area contributed by atoms with E-state index in [9.17, 15) is 4.79 Å². The summed E-state index contributed by atoms with van der Waals surface area (Å²) in [6, 6.07) is 25.2. The minimum absolute atomic E-state index is 0.117. The Kier molecular flexibility index (Phi) is 6.88. The summed E-state index contributed by atoms with van der Waals surface area (Å²) in [7, 11) is 3.26. The summed E-state index contributed by atoms with van der Waals surface area (Å²) in [4.78, 5) is 15.5. The standard InChI is InChI=1S/C28H23N3O3S2/c1-33-23-12-8-19(9-13-23)17-30-27(32)25(36-28(30)35)16-21-18-31(22-6-4-3-5-7-22)29-26(21)20-10-14-24(34-2)15-11-20/h3-16,18H,17H2,1-2H3/b25-16-. The zero-order valence-electron chi connectivity index (χ0n) is 19.8. The largest absolute Gasteiger partial charge is 0.497 e. The molecule has 0 saturated carbocycles. The molecule has 3 aromatic carbocycles. The van der Waals surface area contributed by atoms with Gasteiger partial charge in [-0.15, -0.1) is 0 Å². The molecule has 1 aromatic heterocycles. The van der Waals surface area contributed by atoms with Gasteiger partial charge in [-0.3, -0.25) is 9.69 Å². The van der Waals surface area contributed by atoms with Gasteiger partial charge in [-0.25, -0.2) is 4.68 Å². The average Bonchev–Trinajstić information content (AvgIpc) is 3.46. The maximum atomic E-state index is 13.3. The lowest BCUT2D eigenvalue weighted by Gasteiger charge is -2.14. The van der Waals surface area contributed by atoms with Crippen LogP contribution < -0.4 is 9.47 Å². The van der Waals surface area contributed by atoms with Crippen molar-refractivity contribution in [3.63, 3.8) is 0 Å². The second kappa shape index (κ2) is 10.4. The number of hydrogen-bond acceptors (Lipinski definition) is 6. The minimum Gasteiger partial charge on any atom is -0.497 e. The van der Waals surface area contributed by atoms with Crippen LogP contribution in [0.1, 0.15) is 11.1 Å². The fourth-order valence-electron chi connectivity index (χ4n) is 3.87. The molecule has 0 aliphatic carbocycles. The van der Waals surface area contributed by atoms with E-state index >= 15 is 0 Å². The molecule has 0 atom stereocenters. The van der Waals surface area contributed by atoms with Crippen LogP contribution >= 0.6 is 24.0 Å². The van der Waals surface area contributed by atoms with Gasteiger partial charge in [-0.05, 0) is 60.2 Å². The van der Waals surface area contributed by atoms with E-state index < -0.39 is 0 Å². The number of rotatable bonds is 7. The highest BCUT2D eigenvalue weighted by Crippen LogP contribution is 2.36. The van der Waals surface area contributed by atoms with E-state index in [1.165, 1.54) is 11.8 Å². The van der Waals surface area contributed by atoms with Crippen molar-refractivity contribution in [1.29, 1.82) is 0 Å². The molecule has 2 heterocycles. The number of benzene rings is 3. The van der Waals surface area contributed by atoms with Crippen LogP contribution in [0.3, 0.4) is 0 Å². The molecule has 5 rings (SSSR count). The van der Waals surface area contributed by atoms with Gasteiger partial charge in [0.1, 0.15) is 15.8 Å². The summed E-state index contributed by atoms with van der Waals surface area (Å²) in [6.45, 7) is 0.403. The van der Waals surface area contributed by atoms with Gasteiger partial charge in [0.05, 0.1) is 37.1 Å². The van der Waals surface area contributed by atoms with Crippen molar-refractivity contribution in [1.82, 2.24) is 14.7 Å². The van der Waals surface area contributed by atoms with E-state index in [-0.39, 0.29) is 5.91 Å². The van der Waals surface area contributed by atoms with Gasteiger partial charge in [0.25, 0.3) is 5.91 Å². The fraction of sp³-hybridized carbons (Fsp3) is 0.107. The van der Waals surface area contributed by atoms with Gasteiger partial charge in [-0.2, -0.15) is 5.10 Å². The summed E-state index contributed by atoms with van der Waals surface area (Å²) in [5.74, 6) is 1.42. The van der Waals surface area contributed by atoms with Crippen LogP contribution in [-0.4, -0.2) is 39.1 Å². The first-order valence-corrected chi connectivity index (χ1v) is 12.5. The molecular formula is C28H23N3O3S2. The summed E-state index contributed by atoms with van der Waals surface area (Å²) in [5.41, 5.74) is 4.42. The quantitative estimate of drug-likeness (QED) is 0.225. The average molecular weight is 514 g/mol. The normalized spacial score (nSPS) is 14.5. The molecule has 0 spiro atoms. The minimum atomic E-state index is -0.117. The van der Waals surface area contributed by atoms with Crippen molar-refractivity contribution in [2.45, 2.75) is 6.54 Å². The first kappa shape index (κ1) is 23.8. The Morgan fingerprint density at radius 3 is 2.19 bits per heavy atom. The Hall–Kier alpha value is -3.88. The Morgan fingerprint density at radius 1 is 0.917 bits per heavy atom. The number of thioether (sulfide) groups is 1. The third-order valence-corrected chi connectivity index (χ3v) is 7.16. The van der Waals surface area contributed by atoms with Crippen LogP contribution in [-0.2, 0) is 11.3 Å². The number of carbonyl (C=O) groups excluding carboxylic acids is 1. The lowest BCUT2D eigenvalue weighted by molar-refractivity contribution is -0.122. The molecule has 8 heteroatoms. The lowest BCUT2D eigenvalue weighted by Crippen LogP contribution is -2.27. The SMILES string of the molecule is COc1ccc(CN2C(=O)/C(=C/c3cn(-c4ccccc4)nc3-c3ccc(OC)cc3)SC2=S)cc1. The van der Waals surface area contributed by atoms with Gasteiger partial charge in [0.2, 0.25) is 0 Å². The van der Waals surface area contributed by atoms with Gasteiger partial charge in [0.15, 0.2) is 0 Å². The molecule has 0 bridgehead atoms. The number of amides is 1. The van der Waals surface area contributed by atoms with E-state index in [2.05, 4.69) is 0 Å². The summed E-state index contributed by atoms with van der Waals surface area (Å²) in [5, 5.41) is 4.85. The van der Waals surface area contributed by atoms with Gasteiger partial charge in [-0.1, -0.05) is 54.3 Å². The molecule has 4 aromatic rings. The smallest absolute Gasteiger partial charge is 0.266 e. The second-order valence-corrected chi connectivity index (χ2v) is 9.73. The zero-order chi connectivity index (χ0) is 25.1. The van der Waals surface area contributed by atoms with Crippen molar-refractivity contribution in [3.8, 4) is 28.4 Å². The van der Waals surface area contributed by atoms with E-state index in [1.807, 2.05) is 95.8 Å². The summed E-state index contributed by atoms with van der Waals surface area (Å²) < 4.78 is 12.9. The summed E-state index contributed by atoms with van der Waals surface area (Å²) >= 11 is 6.87. The highest BCUT2D eigenvalue weighted by atomic mass is 32.2. The fourth-order valence-corrected chi connectivity index (χ4v) is 5.12. The molecular weight excluding hydrogens is 490 g/mol. The molecule has 1 fully saturated rings. The first-order valence-electron chi connectivity index (χ1n) is 11.2. The monoisotopic (exact) mass is 513 g/mol. The predicted molar refractivity (Wildman–Crippen MR) is 147 cm³/mol. The topological polar surface area (TPSA) is 56.6 Å². The second-order valence-electron chi connectivity index (χ2n) is 8.06. The van der Waals surface area contributed by atoms with Gasteiger partial charge in [0, 0.05) is 17.3 Å². The van der Waals surface area contributed by atoms with E-state index in [0.717, 1.165) is 39.6 Å². The molecule has 0 N–H and O–H groups in total. The third-order valence-electron chi connectivity index (χ3n) is 5.79. The highest BCUT2D eigenvalue weighted by Gasteiger charge is 2.32. The highest BCUT2D eigenvalue weighted by molar-refractivity contribution is 8.26. The van der Waals surface area contributed by atoms with Crippen molar-refractivity contribution in [2.75, 3.05) is 14.2 Å². The predicted octanol–water partition coefficient (Wildman–Crippen LogP) is 5.96. The van der Waals surface area contributed by atoms with Crippen molar-refractivity contribution in [2.24, 2.45) is 0 Å². The molecule has 180 valence electrons. The molecule has 1 aliphatic rings. The number of nitrogens with zero attached hydrogens (tertiary/aromatic N) is 3. The number of para-hydroxylation sites is 1. The molecule has 6 nitrogen and oxygen atoms in total. The Morgan fingerprint density at radius 2 is 1.56 bits per heavy atom. The Bertz CT molecular complexity index is 1430. The summed E-state index contributed by atoms with van der Waals surface area (Å²) in [6.07, 6.45) is 3.81.